The lowest BCUT2D eigenvalue weighted by Crippen LogP contribution is -2.15. The van der Waals surface area contributed by atoms with Gasteiger partial charge in [0.05, 0.1) is 0 Å². The van der Waals surface area contributed by atoms with E-state index < -0.39 is 6.73 Å². The standard InChI is InChI=1S/C5H12FNO/c1-2-3-4-7(6)5-8/h8H,2-5H2,1H3. The quantitative estimate of drug-likeness (QED) is 0.441. The van der Waals surface area contributed by atoms with Gasteiger partial charge in [-0.2, -0.15) is 0 Å². The van der Waals surface area contributed by atoms with Crippen LogP contribution in [0.2, 0.25) is 0 Å². The molecule has 0 saturated heterocycles. The number of rotatable bonds is 4. The average Bonchev–Trinajstić information content (AvgIpc) is 1.83. The summed E-state index contributed by atoms with van der Waals surface area (Å²) in [6.07, 6.45) is 1.76. The number of aliphatic hydroxyl groups excluding tert-OH is 1. The normalized spacial score (nSPS) is 10.5. The lowest BCUT2D eigenvalue weighted by atomic mass is 10.3. The summed E-state index contributed by atoms with van der Waals surface area (Å²) in [6, 6.07) is 0. The molecule has 0 atom stereocenters. The molecule has 0 unspecified atom stereocenters. The van der Waals surface area contributed by atoms with Crippen LogP contribution < -0.4 is 0 Å². The summed E-state index contributed by atoms with van der Waals surface area (Å²) in [5.74, 6) is 0. The summed E-state index contributed by atoms with van der Waals surface area (Å²) in [5, 5.41) is 8.50. The van der Waals surface area contributed by atoms with E-state index in [0.717, 1.165) is 12.8 Å². The maximum Gasteiger partial charge on any atom is 0.124 e. The molecule has 50 valence electrons. The van der Waals surface area contributed by atoms with Gasteiger partial charge in [0.1, 0.15) is 6.73 Å². The van der Waals surface area contributed by atoms with Gasteiger partial charge in [0.2, 0.25) is 0 Å². The van der Waals surface area contributed by atoms with E-state index in [1.807, 2.05) is 6.92 Å². The van der Waals surface area contributed by atoms with Crippen LogP contribution in [0.5, 0.6) is 0 Å². The van der Waals surface area contributed by atoms with Crippen LogP contribution in [0.4, 0.5) is 4.48 Å². The van der Waals surface area contributed by atoms with Crippen LogP contribution in [0.25, 0.3) is 0 Å². The zero-order chi connectivity index (χ0) is 6.41. The third kappa shape index (κ3) is 4.02. The van der Waals surface area contributed by atoms with Gasteiger partial charge in [-0.25, -0.2) is 0 Å². The Labute approximate surface area is 48.9 Å². The van der Waals surface area contributed by atoms with Gasteiger partial charge in [0.25, 0.3) is 0 Å². The zero-order valence-corrected chi connectivity index (χ0v) is 5.10. The van der Waals surface area contributed by atoms with Gasteiger partial charge in [-0.15, -0.1) is 9.60 Å². The molecule has 0 aromatic heterocycles. The van der Waals surface area contributed by atoms with E-state index in [1.165, 1.54) is 0 Å². The van der Waals surface area contributed by atoms with Crippen molar-refractivity contribution in [2.45, 2.75) is 19.8 Å². The summed E-state index contributed by atoms with van der Waals surface area (Å²) < 4.78 is 11.9. The molecular weight excluding hydrogens is 109 g/mol. The van der Waals surface area contributed by atoms with Crippen LogP contribution in [-0.4, -0.2) is 23.5 Å². The summed E-state index contributed by atoms with van der Waals surface area (Å²) in [4.78, 5) is 0. The molecule has 0 amide bonds. The Kier molecular flexibility index (Phi) is 4.90. The molecule has 0 radical (unpaired) electrons. The van der Waals surface area contributed by atoms with Crippen molar-refractivity contribution >= 4 is 0 Å². The van der Waals surface area contributed by atoms with Crippen molar-refractivity contribution in [3.63, 3.8) is 0 Å². The topological polar surface area (TPSA) is 23.5 Å². The van der Waals surface area contributed by atoms with E-state index in [9.17, 15) is 4.48 Å². The minimum atomic E-state index is -0.486. The van der Waals surface area contributed by atoms with Gasteiger partial charge in [0, 0.05) is 6.54 Å². The zero-order valence-electron chi connectivity index (χ0n) is 5.10. The minimum Gasteiger partial charge on any atom is -0.379 e. The van der Waals surface area contributed by atoms with E-state index in [4.69, 9.17) is 5.11 Å². The highest BCUT2D eigenvalue weighted by molar-refractivity contribution is 4.36. The Balaban J connectivity index is 2.86. The van der Waals surface area contributed by atoms with Gasteiger partial charge >= 0.3 is 0 Å². The molecule has 0 heterocycles. The maximum atomic E-state index is 11.9. The Morgan fingerprint density at radius 2 is 2.25 bits per heavy atom. The van der Waals surface area contributed by atoms with Gasteiger partial charge < -0.3 is 5.11 Å². The molecule has 0 fully saturated rings. The molecule has 0 saturated carbocycles. The highest BCUT2D eigenvalue weighted by Crippen LogP contribution is 1.92. The fraction of sp³-hybridized carbons (Fsp3) is 1.00. The number of halogens is 1. The first-order valence-electron chi connectivity index (χ1n) is 2.82. The maximum absolute atomic E-state index is 11.9. The summed E-state index contributed by atoms with van der Waals surface area (Å²) in [6.45, 7) is 1.83. The highest BCUT2D eigenvalue weighted by Gasteiger charge is 1.95. The monoisotopic (exact) mass is 121 g/mol. The van der Waals surface area contributed by atoms with Crippen molar-refractivity contribution in [3.8, 4) is 0 Å². The summed E-state index contributed by atoms with van der Waals surface area (Å²) in [5.41, 5.74) is 0. The highest BCUT2D eigenvalue weighted by atomic mass is 19.2. The van der Waals surface area contributed by atoms with Crippen molar-refractivity contribution in [2.24, 2.45) is 0 Å². The largest absolute Gasteiger partial charge is 0.379 e. The third-order valence-electron chi connectivity index (χ3n) is 0.908. The molecule has 0 aliphatic heterocycles. The van der Waals surface area contributed by atoms with Crippen molar-refractivity contribution in [2.75, 3.05) is 13.3 Å². The van der Waals surface area contributed by atoms with E-state index in [2.05, 4.69) is 0 Å². The number of aliphatic hydroxyl groups is 1. The van der Waals surface area contributed by atoms with Gasteiger partial charge in [-0.3, -0.25) is 0 Å². The van der Waals surface area contributed by atoms with E-state index in [0.29, 0.717) is 11.7 Å². The lowest BCUT2D eigenvalue weighted by molar-refractivity contribution is -0.0520. The molecular formula is C5H12FNO. The van der Waals surface area contributed by atoms with E-state index in [-0.39, 0.29) is 0 Å². The molecule has 0 aromatic carbocycles. The average molecular weight is 121 g/mol. The second-order valence-corrected chi connectivity index (χ2v) is 1.68. The second kappa shape index (κ2) is 5.00. The van der Waals surface area contributed by atoms with Crippen LogP contribution in [0.3, 0.4) is 0 Å². The fourth-order valence-electron chi connectivity index (χ4n) is 0.400. The molecule has 1 N–H and O–H groups in total. The molecule has 0 bridgehead atoms. The van der Waals surface area contributed by atoms with Gasteiger partial charge in [-0.1, -0.05) is 13.3 Å². The SMILES string of the molecule is CCCCN(F)CO. The molecule has 0 aliphatic rings. The molecule has 0 rings (SSSR count). The minimum absolute atomic E-state index is 0.340. The Hall–Kier alpha value is -0.150. The molecule has 8 heavy (non-hydrogen) atoms. The smallest absolute Gasteiger partial charge is 0.124 e. The first-order valence-corrected chi connectivity index (χ1v) is 2.82. The molecule has 3 heteroatoms. The van der Waals surface area contributed by atoms with Gasteiger partial charge in [0.15, 0.2) is 0 Å². The number of hydrogen-bond donors (Lipinski definition) is 1. The Bertz CT molecular complexity index is 51.7. The third-order valence-corrected chi connectivity index (χ3v) is 0.908. The van der Waals surface area contributed by atoms with Crippen molar-refractivity contribution < 1.29 is 9.59 Å². The molecule has 2 nitrogen and oxygen atoms in total. The first-order chi connectivity index (χ1) is 3.81. The van der Waals surface area contributed by atoms with Crippen molar-refractivity contribution in [1.82, 2.24) is 5.12 Å². The van der Waals surface area contributed by atoms with Crippen LogP contribution in [0.15, 0.2) is 0 Å². The molecule has 0 aliphatic carbocycles. The van der Waals surface area contributed by atoms with Crippen molar-refractivity contribution in [3.05, 3.63) is 0 Å². The Morgan fingerprint density at radius 3 is 2.62 bits per heavy atom. The number of hydrogen-bond acceptors (Lipinski definition) is 2. The summed E-state index contributed by atoms with van der Waals surface area (Å²) in [7, 11) is 0. The molecule has 0 spiro atoms. The first kappa shape index (κ1) is 7.85. The van der Waals surface area contributed by atoms with E-state index in [1.54, 1.807) is 0 Å². The van der Waals surface area contributed by atoms with Crippen LogP contribution >= 0.6 is 0 Å². The van der Waals surface area contributed by atoms with Gasteiger partial charge in [-0.05, 0) is 6.42 Å². The lowest BCUT2D eigenvalue weighted by Gasteiger charge is -2.04. The van der Waals surface area contributed by atoms with Crippen molar-refractivity contribution in [1.29, 1.82) is 0 Å². The Morgan fingerprint density at radius 1 is 1.62 bits per heavy atom. The predicted octanol–water partition coefficient (Wildman–Crippen LogP) is 0.923. The number of nitrogens with zero attached hydrogens (tertiary/aromatic N) is 1. The number of unbranched alkanes of at least 4 members (excludes halogenated alkanes) is 1. The van der Waals surface area contributed by atoms with E-state index >= 15 is 0 Å². The second-order valence-electron chi connectivity index (χ2n) is 1.68. The predicted molar refractivity (Wildman–Crippen MR) is 29.8 cm³/mol. The summed E-state index contributed by atoms with van der Waals surface area (Å²) >= 11 is 0. The van der Waals surface area contributed by atoms with Crippen LogP contribution in [0.1, 0.15) is 19.8 Å². The molecule has 0 aromatic rings. The van der Waals surface area contributed by atoms with Crippen LogP contribution in [-0.2, 0) is 0 Å². The fourth-order valence-corrected chi connectivity index (χ4v) is 0.400. The van der Waals surface area contributed by atoms with Crippen LogP contribution in [0, 0.1) is 0 Å².